The molecule has 0 radical (unpaired) electrons. The van der Waals surface area contributed by atoms with Gasteiger partial charge >= 0.3 is 0 Å². The van der Waals surface area contributed by atoms with Gasteiger partial charge in [0, 0.05) is 24.9 Å². The molecule has 0 spiro atoms. The number of imidazole rings is 1. The van der Waals surface area contributed by atoms with Crippen molar-refractivity contribution in [1.82, 2.24) is 29.1 Å². The fourth-order valence-corrected chi connectivity index (χ4v) is 9.18. The number of nitrogens with one attached hydrogen (secondary N) is 1. The van der Waals surface area contributed by atoms with Gasteiger partial charge in [-0.15, -0.1) is 0 Å². The molecule has 306 valence electrons. The highest BCUT2D eigenvalue weighted by Crippen LogP contribution is 2.48. The SMILES string of the molecule is C=C1N=C(N)N=CN1[C@H]1C[C@@H](O)[C@@H](CC)O1.CC(C)N(C(C)C)P(OCCC#N)OC[C@H]1O[C@@H](n2cnc3c(=O)[nH]c(N)nc32)C[C@H]1O[Si](C)(C)C(C)(C)C. The highest BCUT2D eigenvalue weighted by molar-refractivity contribution is 7.44. The average Bonchev–Trinajstić information content (AvgIpc) is 3.79. The minimum Gasteiger partial charge on any atom is -0.411 e. The van der Waals surface area contributed by atoms with Crippen molar-refractivity contribution in [1.29, 1.82) is 5.26 Å². The molecule has 0 amide bonds. The van der Waals surface area contributed by atoms with E-state index in [9.17, 15) is 9.90 Å². The lowest BCUT2D eigenvalue weighted by Gasteiger charge is -2.40. The number of guanidine groups is 1. The van der Waals surface area contributed by atoms with Gasteiger partial charge < -0.3 is 39.5 Å². The van der Waals surface area contributed by atoms with Crippen LogP contribution >= 0.6 is 8.53 Å². The van der Waals surface area contributed by atoms with Gasteiger partial charge in [0.05, 0.1) is 50.3 Å². The largest absolute Gasteiger partial charge is 0.411 e. The number of hydrogen-bond acceptors (Lipinski definition) is 16. The van der Waals surface area contributed by atoms with Gasteiger partial charge in [0.1, 0.15) is 30.7 Å². The summed E-state index contributed by atoms with van der Waals surface area (Å²) in [5.74, 6) is 0.692. The van der Waals surface area contributed by atoms with Crippen LogP contribution in [0.3, 0.4) is 0 Å². The third-order valence-electron chi connectivity index (χ3n) is 9.98. The lowest BCUT2D eigenvalue weighted by atomic mass is 10.1. The molecule has 20 heteroatoms. The molecule has 1 unspecified atom stereocenters. The Kier molecular flexibility index (Phi) is 15.1. The number of nitrogens with zero attached hydrogens (tertiary/aromatic N) is 8. The van der Waals surface area contributed by atoms with E-state index >= 15 is 0 Å². The number of rotatable bonds is 14. The second-order valence-electron chi connectivity index (χ2n) is 15.8. The van der Waals surface area contributed by atoms with Crippen molar-refractivity contribution in [2.24, 2.45) is 15.7 Å². The van der Waals surface area contributed by atoms with E-state index in [1.165, 1.54) is 0 Å². The molecule has 55 heavy (non-hydrogen) atoms. The summed E-state index contributed by atoms with van der Waals surface area (Å²) in [5.41, 5.74) is 11.4. The Balaban J connectivity index is 0.000000348. The number of aliphatic hydroxyl groups is 1. The molecule has 2 aromatic rings. The molecule has 0 aromatic carbocycles. The zero-order chi connectivity index (χ0) is 40.8. The molecule has 2 saturated heterocycles. The lowest BCUT2D eigenvalue weighted by molar-refractivity contribution is -0.0385. The smallest absolute Gasteiger partial charge is 0.280 e. The molecule has 3 aliphatic rings. The molecule has 6 N–H and O–H groups in total. The monoisotopic (exact) mass is 805 g/mol. The van der Waals surface area contributed by atoms with Crippen molar-refractivity contribution >= 4 is 46.3 Å². The van der Waals surface area contributed by atoms with Crippen LogP contribution in [0.1, 0.15) is 87.3 Å². The van der Waals surface area contributed by atoms with Crippen LogP contribution < -0.4 is 17.0 Å². The van der Waals surface area contributed by atoms with Gasteiger partial charge in [-0.3, -0.25) is 19.2 Å². The van der Waals surface area contributed by atoms with Crippen LogP contribution in [0.2, 0.25) is 18.1 Å². The Morgan fingerprint density at radius 1 is 1.16 bits per heavy atom. The number of aromatic amines is 1. The Labute approximate surface area is 326 Å². The second kappa shape index (κ2) is 18.8. The van der Waals surface area contributed by atoms with Gasteiger partial charge in [-0.05, 0) is 52.2 Å². The molecule has 0 saturated carbocycles. The average molecular weight is 806 g/mol. The van der Waals surface area contributed by atoms with E-state index in [0.717, 1.165) is 6.42 Å². The molecule has 0 bridgehead atoms. The van der Waals surface area contributed by atoms with E-state index in [1.807, 2.05) is 6.92 Å². The molecule has 2 aromatic heterocycles. The number of hydrogen-bond donors (Lipinski definition) is 4. The summed E-state index contributed by atoms with van der Waals surface area (Å²) < 4.78 is 35.5. The van der Waals surface area contributed by atoms with Crippen LogP contribution in [-0.4, -0.2) is 111 Å². The first-order valence-corrected chi connectivity index (χ1v) is 22.8. The molecule has 7 atom stereocenters. The first-order chi connectivity index (χ1) is 25.8. The zero-order valence-electron chi connectivity index (χ0n) is 33.8. The summed E-state index contributed by atoms with van der Waals surface area (Å²) in [6.07, 6.45) is 3.27. The minimum absolute atomic E-state index is 0.000600. The molecule has 5 heterocycles. The summed E-state index contributed by atoms with van der Waals surface area (Å²) in [5, 5.41) is 18.8. The van der Waals surface area contributed by atoms with Crippen LogP contribution in [0.15, 0.2) is 33.5 Å². The number of nitrogens with two attached hydrogens (primary N) is 2. The Bertz CT molecular complexity index is 1760. The van der Waals surface area contributed by atoms with E-state index in [4.69, 9.17) is 39.7 Å². The summed E-state index contributed by atoms with van der Waals surface area (Å²) in [7, 11) is -3.60. The summed E-state index contributed by atoms with van der Waals surface area (Å²) in [4.78, 5) is 32.9. The first-order valence-electron chi connectivity index (χ1n) is 18.7. The van der Waals surface area contributed by atoms with Crippen LogP contribution in [0.5, 0.6) is 0 Å². The van der Waals surface area contributed by atoms with Crippen molar-refractivity contribution in [2.45, 2.75) is 148 Å². The van der Waals surface area contributed by atoms with Crippen LogP contribution in [0.25, 0.3) is 11.2 Å². The molecule has 2 fully saturated rings. The standard InChI is InChI=1S/C25H44N7O5PSi.C10H16N4O2/c1-16(2)32(17(3)4)38(34-12-10-11-26)35-14-19-18(37-39(8,9)25(5,6)7)13-20(36-19)31-15-28-21-22(31)29-24(27)30-23(21)33;1-3-8-7(15)4-9(16-8)14-5-12-10(11)13-6(14)2/h15-20H,10,12-14H2,1-9H3,(H3,27,29,30,33);5,7-9,15H,2-4H2,1H3,(H2,11,13)/t18-,19-,20-,38?;7-,8-,9-/m11/s1. The molecule has 5 rings (SSSR count). The quantitative estimate of drug-likeness (QED) is 0.115. The van der Waals surface area contributed by atoms with Crippen molar-refractivity contribution < 1.29 is 28.1 Å². The van der Waals surface area contributed by atoms with Gasteiger partial charge in [0.2, 0.25) is 11.9 Å². The Morgan fingerprint density at radius 2 is 1.84 bits per heavy atom. The van der Waals surface area contributed by atoms with E-state index < -0.39 is 40.8 Å². The topological polar surface area (TPSA) is 237 Å². The summed E-state index contributed by atoms with van der Waals surface area (Å²) in [6, 6.07) is 2.50. The predicted molar refractivity (Wildman–Crippen MR) is 215 cm³/mol. The normalized spacial score (nSPS) is 25.1. The zero-order valence-corrected chi connectivity index (χ0v) is 35.7. The van der Waals surface area contributed by atoms with Crippen molar-refractivity contribution in [3.05, 3.63) is 29.1 Å². The number of ether oxygens (including phenoxy) is 2. The van der Waals surface area contributed by atoms with Crippen LogP contribution in [-0.2, 0) is 22.9 Å². The second-order valence-corrected chi connectivity index (χ2v) is 22.0. The fourth-order valence-electron chi connectivity index (χ4n) is 6.21. The van der Waals surface area contributed by atoms with Gasteiger partial charge in [0.25, 0.3) is 14.1 Å². The summed E-state index contributed by atoms with van der Waals surface area (Å²) in [6.45, 7) is 25.7. The summed E-state index contributed by atoms with van der Waals surface area (Å²) >= 11 is 0. The maximum absolute atomic E-state index is 12.3. The van der Waals surface area contributed by atoms with Gasteiger partial charge in [-0.1, -0.05) is 34.3 Å². The van der Waals surface area contributed by atoms with Gasteiger partial charge in [0.15, 0.2) is 19.5 Å². The number of nitrogen functional groups attached to an aromatic ring is 1. The maximum atomic E-state index is 12.3. The first kappa shape index (κ1) is 44.4. The number of anilines is 1. The molecule has 3 aliphatic heterocycles. The number of H-pyrrole nitrogens is 1. The Hall–Kier alpha value is -3.31. The Morgan fingerprint density at radius 3 is 2.42 bits per heavy atom. The minimum atomic E-state index is -2.16. The van der Waals surface area contributed by atoms with Gasteiger partial charge in [-0.2, -0.15) is 15.2 Å². The van der Waals surface area contributed by atoms with Gasteiger partial charge in [-0.25, -0.2) is 14.6 Å². The number of aliphatic imine (C=N–C) groups is 2. The molecular formula is C35H60N11O7PSi. The van der Waals surface area contributed by atoms with E-state index in [2.05, 4.69) is 104 Å². The van der Waals surface area contributed by atoms with Crippen LogP contribution in [0, 0.1) is 11.3 Å². The predicted octanol–water partition coefficient (Wildman–Crippen LogP) is 4.67. The highest BCUT2D eigenvalue weighted by Gasteiger charge is 2.46. The van der Waals surface area contributed by atoms with E-state index in [0.29, 0.717) is 30.9 Å². The third-order valence-corrected chi connectivity index (χ3v) is 16.6. The molecule has 0 aliphatic carbocycles. The number of aromatic nitrogens is 4. The van der Waals surface area contributed by atoms with E-state index in [1.54, 1.807) is 22.1 Å². The van der Waals surface area contributed by atoms with Crippen molar-refractivity contribution in [3.8, 4) is 6.07 Å². The maximum Gasteiger partial charge on any atom is 0.280 e. The van der Waals surface area contributed by atoms with Crippen LogP contribution in [0.4, 0.5) is 5.95 Å². The third kappa shape index (κ3) is 11.0. The fraction of sp³-hybridized carbons (Fsp3) is 0.714. The number of fused-ring (bicyclic) bond motifs is 1. The number of nitriles is 1. The van der Waals surface area contributed by atoms with Crippen molar-refractivity contribution in [2.75, 3.05) is 18.9 Å². The van der Waals surface area contributed by atoms with Crippen molar-refractivity contribution in [3.63, 3.8) is 0 Å². The van der Waals surface area contributed by atoms with E-state index in [-0.39, 0.29) is 66.0 Å². The lowest BCUT2D eigenvalue weighted by Crippen LogP contribution is -2.46. The number of aliphatic hydroxyl groups excluding tert-OH is 1. The molecular weight excluding hydrogens is 746 g/mol. The molecule has 18 nitrogen and oxygen atoms in total. The highest BCUT2D eigenvalue weighted by atomic mass is 31.2.